The molecule has 0 bridgehead atoms. The Balaban J connectivity index is 1.42. The van der Waals surface area contributed by atoms with Crippen molar-refractivity contribution in [1.82, 2.24) is 10.3 Å². The van der Waals surface area contributed by atoms with Crippen LogP contribution in [0.2, 0.25) is 0 Å². The average Bonchev–Trinajstić information content (AvgIpc) is 2.78. The van der Waals surface area contributed by atoms with Crippen molar-refractivity contribution in [3.8, 4) is 0 Å². The second-order valence-electron chi connectivity index (χ2n) is 7.05. The van der Waals surface area contributed by atoms with E-state index in [1.54, 1.807) is 30.2 Å². The molecule has 3 aromatic carbocycles. The zero-order valence-electron chi connectivity index (χ0n) is 17.0. The first-order chi connectivity index (χ1) is 15.1. The van der Waals surface area contributed by atoms with Crippen molar-refractivity contribution in [2.24, 2.45) is 0 Å². The van der Waals surface area contributed by atoms with E-state index in [1.165, 1.54) is 5.56 Å². The van der Waals surface area contributed by atoms with E-state index in [4.69, 9.17) is 0 Å². The molecule has 2 amide bonds. The molecule has 0 unspecified atom stereocenters. The minimum Gasteiger partial charge on any atom is -0.343 e. The van der Waals surface area contributed by atoms with E-state index in [0.717, 1.165) is 20.6 Å². The fourth-order valence-electron chi connectivity index (χ4n) is 3.23. The van der Waals surface area contributed by atoms with Crippen LogP contribution < -0.4 is 10.6 Å². The first-order valence-electron chi connectivity index (χ1n) is 9.84. The minimum absolute atomic E-state index is 0.126. The molecule has 4 aromatic rings. The summed E-state index contributed by atoms with van der Waals surface area (Å²) in [6.45, 7) is 1.92. The number of nitrogens with zero attached hydrogens (tertiary/aromatic N) is 1. The number of hydrogen-bond acceptors (Lipinski definition) is 4. The van der Waals surface area contributed by atoms with Crippen LogP contribution in [-0.2, 0) is 4.79 Å². The van der Waals surface area contributed by atoms with Gasteiger partial charge in [-0.2, -0.15) is 0 Å². The average molecular weight is 428 g/mol. The van der Waals surface area contributed by atoms with Crippen LogP contribution in [0.5, 0.6) is 0 Å². The quantitative estimate of drug-likeness (QED) is 0.451. The molecule has 0 aliphatic carbocycles. The molecular weight excluding hydrogens is 406 g/mol. The summed E-state index contributed by atoms with van der Waals surface area (Å²) < 4.78 is 0. The molecular formula is C25H21N3O2S. The van der Waals surface area contributed by atoms with Gasteiger partial charge < -0.3 is 10.6 Å². The Bertz CT molecular complexity index is 1250. The Morgan fingerprint density at radius 1 is 0.968 bits per heavy atom. The number of fused-ring (bicyclic) bond motifs is 1. The lowest BCUT2D eigenvalue weighted by atomic mass is 10.1. The summed E-state index contributed by atoms with van der Waals surface area (Å²) in [5.74, 6) is -0.597. The number of amides is 2. The molecule has 1 aromatic heterocycles. The standard InChI is InChI=1S/C25H21N3O2S/c1-17-6-4-8-19(14-17)31-23-11-3-2-10-22(23)28-24(29)16-27-25(30)20-9-5-7-18-12-13-26-15-21(18)20/h2-15H,16H2,1H3,(H,27,30)(H,28,29). The first kappa shape index (κ1) is 20.6. The maximum atomic E-state index is 12.6. The molecule has 0 saturated heterocycles. The van der Waals surface area contributed by atoms with Gasteiger partial charge in [0.2, 0.25) is 5.91 Å². The Kier molecular flexibility index (Phi) is 6.29. The van der Waals surface area contributed by atoms with E-state index in [1.807, 2.05) is 67.6 Å². The van der Waals surface area contributed by atoms with Crippen molar-refractivity contribution in [1.29, 1.82) is 0 Å². The number of para-hydroxylation sites is 1. The lowest BCUT2D eigenvalue weighted by Gasteiger charge is -2.12. The third kappa shape index (κ3) is 5.10. The van der Waals surface area contributed by atoms with Crippen molar-refractivity contribution < 1.29 is 9.59 Å². The molecule has 1 heterocycles. The lowest BCUT2D eigenvalue weighted by Crippen LogP contribution is -2.33. The zero-order valence-corrected chi connectivity index (χ0v) is 17.8. The fraction of sp³-hybridized carbons (Fsp3) is 0.0800. The van der Waals surface area contributed by atoms with E-state index in [2.05, 4.69) is 21.7 Å². The highest BCUT2D eigenvalue weighted by Crippen LogP contribution is 2.33. The molecule has 4 rings (SSSR count). The van der Waals surface area contributed by atoms with Crippen LogP contribution in [0.3, 0.4) is 0 Å². The number of hydrogen-bond donors (Lipinski definition) is 2. The topological polar surface area (TPSA) is 71.1 Å². The molecule has 0 fully saturated rings. The van der Waals surface area contributed by atoms with E-state index in [9.17, 15) is 9.59 Å². The van der Waals surface area contributed by atoms with Crippen LogP contribution in [0.25, 0.3) is 10.8 Å². The van der Waals surface area contributed by atoms with Gasteiger partial charge in [0.05, 0.1) is 12.2 Å². The number of rotatable bonds is 6. The third-order valence-corrected chi connectivity index (χ3v) is 5.78. The summed E-state index contributed by atoms with van der Waals surface area (Å²) >= 11 is 1.58. The number of pyridine rings is 1. The highest BCUT2D eigenvalue weighted by Gasteiger charge is 2.13. The predicted octanol–water partition coefficient (Wildman–Crippen LogP) is 5.06. The molecule has 0 atom stereocenters. The summed E-state index contributed by atoms with van der Waals surface area (Å²) in [5.41, 5.74) is 2.38. The molecule has 6 heteroatoms. The number of carbonyl (C=O) groups is 2. The SMILES string of the molecule is Cc1cccc(Sc2ccccc2NC(=O)CNC(=O)c2cccc3ccncc23)c1. The number of benzene rings is 3. The molecule has 5 nitrogen and oxygen atoms in total. The fourth-order valence-corrected chi connectivity index (χ4v) is 4.25. The van der Waals surface area contributed by atoms with Gasteiger partial charge in [-0.1, -0.05) is 53.7 Å². The van der Waals surface area contributed by atoms with Gasteiger partial charge in [-0.05, 0) is 48.7 Å². The number of carbonyl (C=O) groups excluding carboxylic acids is 2. The summed E-state index contributed by atoms with van der Waals surface area (Å²) in [5, 5.41) is 7.28. The van der Waals surface area contributed by atoms with Gasteiger partial charge in [0.15, 0.2) is 0 Å². The molecule has 0 radical (unpaired) electrons. The summed E-state index contributed by atoms with van der Waals surface area (Å²) in [6, 6.07) is 23.1. The van der Waals surface area contributed by atoms with Crippen LogP contribution in [0.1, 0.15) is 15.9 Å². The maximum absolute atomic E-state index is 12.6. The van der Waals surface area contributed by atoms with E-state index < -0.39 is 0 Å². The maximum Gasteiger partial charge on any atom is 0.252 e. The molecule has 2 N–H and O–H groups in total. The number of aromatic nitrogens is 1. The van der Waals surface area contributed by atoms with Gasteiger partial charge in [-0.25, -0.2) is 0 Å². The highest BCUT2D eigenvalue weighted by atomic mass is 32.2. The van der Waals surface area contributed by atoms with Gasteiger partial charge in [-0.15, -0.1) is 0 Å². The molecule has 0 aliphatic rings. The predicted molar refractivity (Wildman–Crippen MR) is 124 cm³/mol. The zero-order chi connectivity index (χ0) is 21.6. The Morgan fingerprint density at radius 2 is 1.81 bits per heavy atom. The molecule has 154 valence electrons. The highest BCUT2D eigenvalue weighted by molar-refractivity contribution is 7.99. The van der Waals surface area contributed by atoms with Crippen LogP contribution in [-0.4, -0.2) is 23.3 Å². The molecule has 0 spiro atoms. The second kappa shape index (κ2) is 9.45. The molecule has 0 aliphatic heterocycles. The number of aryl methyl sites for hydroxylation is 1. The third-order valence-electron chi connectivity index (χ3n) is 4.72. The lowest BCUT2D eigenvalue weighted by molar-refractivity contribution is -0.115. The molecule has 0 saturated carbocycles. The van der Waals surface area contributed by atoms with Crippen molar-refractivity contribution >= 4 is 40.0 Å². The van der Waals surface area contributed by atoms with Crippen LogP contribution in [0.15, 0.2) is 95.0 Å². The monoisotopic (exact) mass is 427 g/mol. The largest absolute Gasteiger partial charge is 0.343 e. The first-order valence-corrected chi connectivity index (χ1v) is 10.7. The van der Waals surface area contributed by atoms with Crippen molar-refractivity contribution in [2.45, 2.75) is 16.7 Å². The number of anilines is 1. The molecule has 31 heavy (non-hydrogen) atoms. The van der Waals surface area contributed by atoms with Crippen molar-refractivity contribution in [2.75, 3.05) is 11.9 Å². The Hall–Kier alpha value is -3.64. The summed E-state index contributed by atoms with van der Waals surface area (Å²) in [7, 11) is 0. The van der Waals surface area contributed by atoms with E-state index in [0.29, 0.717) is 11.3 Å². The van der Waals surface area contributed by atoms with E-state index in [-0.39, 0.29) is 18.4 Å². The van der Waals surface area contributed by atoms with Gasteiger partial charge >= 0.3 is 0 Å². The second-order valence-corrected chi connectivity index (χ2v) is 8.16. The number of nitrogens with one attached hydrogen (secondary N) is 2. The Morgan fingerprint density at radius 3 is 2.68 bits per heavy atom. The van der Waals surface area contributed by atoms with E-state index >= 15 is 0 Å². The van der Waals surface area contributed by atoms with Crippen molar-refractivity contribution in [3.05, 3.63) is 96.3 Å². The summed E-state index contributed by atoms with van der Waals surface area (Å²) in [6.07, 6.45) is 3.34. The van der Waals surface area contributed by atoms with Gasteiger partial charge in [0.25, 0.3) is 5.91 Å². The van der Waals surface area contributed by atoms with Crippen molar-refractivity contribution in [3.63, 3.8) is 0 Å². The smallest absolute Gasteiger partial charge is 0.252 e. The van der Waals surface area contributed by atoms with Gasteiger partial charge in [0.1, 0.15) is 0 Å². The van der Waals surface area contributed by atoms with Crippen LogP contribution in [0, 0.1) is 6.92 Å². The van der Waals surface area contributed by atoms with Crippen LogP contribution in [0.4, 0.5) is 5.69 Å². The normalized spacial score (nSPS) is 10.6. The summed E-state index contributed by atoms with van der Waals surface area (Å²) in [4.78, 5) is 31.3. The minimum atomic E-state index is -0.309. The van der Waals surface area contributed by atoms with Gasteiger partial charge in [0, 0.05) is 33.1 Å². The Labute approximate surface area is 184 Å². The van der Waals surface area contributed by atoms with Gasteiger partial charge in [-0.3, -0.25) is 14.6 Å². The van der Waals surface area contributed by atoms with Crippen LogP contribution >= 0.6 is 11.8 Å².